The number of hydrogen-bond acceptors (Lipinski definition) is 3. The minimum atomic E-state index is 0.128. The van der Waals surface area contributed by atoms with Crippen molar-refractivity contribution in [3.8, 4) is 5.75 Å². The van der Waals surface area contributed by atoms with Crippen LogP contribution in [0.25, 0.3) is 0 Å². The van der Waals surface area contributed by atoms with Crippen LogP contribution in [0.15, 0.2) is 18.2 Å². The number of hydrogen-bond donors (Lipinski definition) is 1. The third-order valence-electron chi connectivity index (χ3n) is 2.71. The lowest BCUT2D eigenvalue weighted by Crippen LogP contribution is -2.33. The second-order valence-corrected chi connectivity index (χ2v) is 4.75. The fourth-order valence-electron chi connectivity index (χ4n) is 1.61. The van der Waals surface area contributed by atoms with Gasteiger partial charge in [0.25, 0.3) is 0 Å². The van der Waals surface area contributed by atoms with Gasteiger partial charge in [0.2, 0.25) is 0 Å². The number of benzene rings is 1. The molecule has 0 bridgehead atoms. The third-order valence-corrected chi connectivity index (χ3v) is 3.01. The molecule has 0 spiro atoms. The molecular weight excluding hydrogens is 238 g/mol. The Balaban J connectivity index is 2.68. The van der Waals surface area contributed by atoms with Gasteiger partial charge in [-0.1, -0.05) is 17.7 Å². The molecule has 0 aromatic heterocycles. The Morgan fingerprint density at radius 1 is 1.41 bits per heavy atom. The molecule has 96 valence electrons. The largest absolute Gasteiger partial charge is 0.506 e. The van der Waals surface area contributed by atoms with Crippen molar-refractivity contribution in [3.05, 3.63) is 28.8 Å². The predicted octanol–water partition coefficient (Wildman–Crippen LogP) is 2.90. The van der Waals surface area contributed by atoms with Gasteiger partial charge in [0.1, 0.15) is 5.75 Å². The zero-order valence-electron chi connectivity index (χ0n) is 10.6. The van der Waals surface area contributed by atoms with Gasteiger partial charge in [-0.2, -0.15) is 0 Å². The Hall–Kier alpha value is -0.770. The maximum atomic E-state index is 9.36. The van der Waals surface area contributed by atoms with E-state index in [1.807, 2.05) is 6.07 Å². The number of rotatable bonds is 6. The van der Waals surface area contributed by atoms with Crippen molar-refractivity contribution in [1.29, 1.82) is 0 Å². The molecule has 3 nitrogen and oxygen atoms in total. The number of methoxy groups -OCH3 is 1. The van der Waals surface area contributed by atoms with Gasteiger partial charge >= 0.3 is 0 Å². The minimum Gasteiger partial charge on any atom is -0.506 e. The monoisotopic (exact) mass is 257 g/mol. The number of halogens is 1. The van der Waals surface area contributed by atoms with Crippen LogP contribution in [0.2, 0.25) is 5.02 Å². The van der Waals surface area contributed by atoms with Crippen LogP contribution in [0, 0.1) is 0 Å². The lowest BCUT2D eigenvalue weighted by molar-refractivity contribution is 0.125. The van der Waals surface area contributed by atoms with Crippen molar-refractivity contribution >= 4 is 11.6 Å². The third kappa shape index (κ3) is 4.54. The van der Waals surface area contributed by atoms with Crippen LogP contribution in [0.3, 0.4) is 0 Å². The molecule has 0 atom stereocenters. The normalized spacial score (nSPS) is 11.4. The molecule has 0 saturated heterocycles. The minimum absolute atomic E-state index is 0.128. The van der Waals surface area contributed by atoms with E-state index in [4.69, 9.17) is 16.3 Å². The first-order valence-corrected chi connectivity index (χ1v) is 6.12. The van der Waals surface area contributed by atoms with Gasteiger partial charge in [0.05, 0.1) is 11.6 Å². The highest BCUT2D eigenvalue weighted by molar-refractivity contribution is 6.32. The zero-order chi connectivity index (χ0) is 12.8. The Labute approximate surface area is 108 Å². The first-order chi connectivity index (χ1) is 8.04. The van der Waals surface area contributed by atoms with Crippen LogP contribution < -0.4 is 0 Å². The summed E-state index contributed by atoms with van der Waals surface area (Å²) < 4.78 is 5.10. The number of nitrogens with zero attached hydrogens (tertiary/aromatic N) is 1. The van der Waals surface area contributed by atoms with E-state index in [1.165, 1.54) is 0 Å². The predicted molar refractivity (Wildman–Crippen MR) is 70.5 cm³/mol. The summed E-state index contributed by atoms with van der Waals surface area (Å²) in [5.74, 6) is 0.128. The fourth-order valence-corrected chi connectivity index (χ4v) is 1.81. The summed E-state index contributed by atoms with van der Waals surface area (Å²) in [6, 6.07) is 5.77. The van der Waals surface area contributed by atoms with E-state index >= 15 is 0 Å². The summed E-state index contributed by atoms with van der Waals surface area (Å²) >= 11 is 5.89. The molecule has 1 N–H and O–H groups in total. The van der Waals surface area contributed by atoms with E-state index in [2.05, 4.69) is 18.7 Å². The van der Waals surface area contributed by atoms with Crippen LogP contribution >= 0.6 is 11.6 Å². The lowest BCUT2D eigenvalue weighted by atomic mass is 10.2. The smallest absolute Gasteiger partial charge is 0.134 e. The van der Waals surface area contributed by atoms with Crippen LogP contribution in [0.4, 0.5) is 0 Å². The van der Waals surface area contributed by atoms with E-state index in [1.54, 1.807) is 19.2 Å². The Kier molecular flexibility index (Phi) is 5.75. The molecule has 17 heavy (non-hydrogen) atoms. The molecule has 1 aromatic carbocycles. The first kappa shape index (κ1) is 14.3. The molecule has 0 radical (unpaired) electrons. The van der Waals surface area contributed by atoms with Crippen molar-refractivity contribution < 1.29 is 9.84 Å². The first-order valence-electron chi connectivity index (χ1n) is 5.75. The number of phenols is 1. The molecule has 0 amide bonds. The second-order valence-electron chi connectivity index (χ2n) is 4.34. The molecule has 0 fully saturated rings. The van der Waals surface area contributed by atoms with Crippen LogP contribution in [0.1, 0.15) is 19.4 Å². The van der Waals surface area contributed by atoms with E-state index in [0.29, 0.717) is 17.7 Å². The van der Waals surface area contributed by atoms with Gasteiger partial charge in [0.15, 0.2) is 0 Å². The molecule has 1 rings (SSSR count). The molecule has 0 aliphatic rings. The Morgan fingerprint density at radius 3 is 2.65 bits per heavy atom. The summed E-state index contributed by atoms with van der Waals surface area (Å²) in [6.07, 6.45) is 0. The van der Waals surface area contributed by atoms with Gasteiger partial charge in [-0.15, -0.1) is 0 Å². The lowest BCUT2D eigenvalue weighted by Gasteiger charge is -2.26. The summed E-state index contributed by atoms with van der Waals surface area (Å²) in [6.45, 7) is 6.70. The highest BCUT2D eigenvalue weighted by atomic mass is 35.5. The van der Waals surface area contributed by atoms with Gasteiger partial charge in [-0.3, -0.25) is 4.90 Å². The van der Waals surface area contributed by atoms with E-state index in [-0.39, 0.29) is 5.75 Å². The van der Waals surface area contributed by atoms with Crippen LogP contribution in [0.5, 0.6) is 5.75 Å². The summed E-state index contributed by atoms with van der Waals surface area (Å²) in [4.78, 5) is 2.30. The van der Waals surface area contributed by atoms with Crippen molar-refractivity contribution in [2.75, 3.05) is 20.3 Å². The Bertz CT molecular complexity index is 355. The average molecular weight is 258 g/mol. The maximum Gasteiger partial charge on any atom is 0.134 e. The van der Waals surface area contributed by atoms with E-state index < -0.39 is 0 Å². The fraction of sp³-hybridized carbons (Fsp3) is 0.538. The standard InChI is InChI=1S/C13H20ClNO2/c1-10(2)15(6-7-17-3)9-11-4-5-13(16)12(14)8-11/h4-5,8,10,16H,6-7,9H2,1-3H3. The van der Waals surface area contributed by atoms with Crippen LogP contribution in [-0.4, -0.2) is 36.3 Å². The average Bonchev–Trinajstić information content (AvgIpc) is 2.28. The molecule has 0 saturated carbocycles. The van der Waals surface area contributed by atoms with Crippen molar-refractivity contribution in [2.45, 2.75) is 26.4 Å². The van der Waals surface area contributed by atoms with E-state index in [0.717, 1.165) is 18.7 Å². The number of aromatic hydroxyl groups is 1. The molecule has 1 aromatic rings. The van der Waals surface area contributed by atoms with Crippen molar-refractivity contribution in [1.82, 2.24) is 4.90 Å². The molecule has 4 heteroatoms. The molecular formula is C13H20ClNO2. The number of ether oxygens (including phenoxy) is 1. The topological polar surface area (TPSA) is 32.7 Å². The zero-order valence-corrected chi connectivity index (χ0v) is 11.4. The maximum absolute atomic E-state index is 9.36. The van der Waals surface area contributed by atoms with Crippen LogP contribution in [-0.2, 0) is 11.3 Å². The van der Waals surface area contributed by atoms with Crippen molar-refractivity contribution in [2.24, 2.45) is 0 Å². The summed E-state index contributed by atoms with van der Waals surface area (Å²) in [7, 11) is 1.70. The van der Waals surface area contributed by atoms with Gasteiger partial charge < -0.3 is 9.84 Å². The summed E-state index contributed by atoms with van der Waals surface area (Å²) in [5, 5.41) is 9.76. The SMILES string of the molecule is COCCN(Cc1ccc(O)c(Cl)c1)C(C)C. The summed E-state index contributed by atoms with van der Waals surface area (Å²) in [5.41, 5.74) is 1.10. The number of phenolic OH excluding ortho intramolecular Hbond substituents is 1. The highest BCUT2D eigenvalue weighted by Crippen LogP contribution is 2.24. The van der Waals surface area contributed by atoms with Gasteiger partial charge in [0, 0.05) is 26.2 Å². The Morgan fingerprint density at radius 2 is 2.12 bits per heavy atom. The molecule has 0 heterocycles. The molecule has 0 aliphatic carbocycles. The highest BCUT2D eigenvalue weighted by Gasteiger charge is 2.10. The molecule has 0 unspecified atom stereocenters. The second kappa shape index (κ2) is 6.84. The van der Waals surface area contributed by atoms with Crippen molar-refractivity contribution in [3.63, 3.8) is 0 Å². The quantitative estimate of drug-likeness (QED) is 0.851. The van der Waals surface area contributed by atoms with Gasteiger partial charge in [-0.05, 0) is 31.5 Å². The van der Waals surface area contributed by atoms with E-state index in [9.17, 15) is 5.11 Å². The molecule has 0 aliphatic heterocycles. The van der Waals surface area contributed by atoms with Gasteiger partial charge in [-0.25, -0.2) is 0 Å².